The van der Waals surface area contributed by atoms with Crippen molar-refractivity contribution in [2.45, 2.75) is 26.2 Å². The van der Waals surface area contributed by atoms with E-state index in [1.54, 1.807) is 12.4 Å². The van der Waals surface area contributed by atoms with E-state index >= 15 is 0 Å². The molecule has 5 nitrogen and oxygen atoms in total. The normalized spacial score (nSPS) is 13.9. The van der Waals surface area contributed by atoms with Gasteiger partial charge in [-0.25, -0.2) is 9.97 Å². The van der Waals surface area contributed by atoms with Crippen molar-refractivity contribution in [1.29, 1.82) is 0 Å². The van der Waals surface area contributed by atoms with Crippen molar-refractivity contribution in [2.75, 3.05) is 5.32 Å². The van der Waals surface area contributed by atoms with Crippen LogP contribution < -0.4 is 5.32 Å². The molecular weight excluding hydrogens is 320 g/mol. The molecule has 0 unspecified atom stereocenters. The van der Waals surface area contributed by atoms with E-state index in [-0.39, 0.29) is 5.91 Å². The Morgan fingerprint density at radius 1 is 1.42 bits per heavy atom. The zero-order chi connectivity index (χ0) is 16.5. The Morgan fingerprint density at radius 2 is 2.29 bits per heavy atom. The highest BCUT2D eigenvalue weighted by Crippen LogP contribution is 2.34. The number of amides is 1. The molecule has 6 heteroatoms. The lowest BCUT2D eigenvalue weighted by atomic mass is 10.2. The molecule has 2 aromatic heterocycles. The number of nitrogens with zero attached hydrogens (tertiary/aromatic N) is 2. The van der Waals surface area contributed by atoms with E-state index in [2.05, 4.69) is 20.3 Å². The Morgan fingerprint density at radius 3 is 3.04 bits per heavy atom. The van der Waals surface area contributed by atoms with E-state index in [0.29, 0.717) is 4.88 Å². The summed E-state index contributed by atoms with van der Waals surface area (Å²) in [6.07, 6.45) is 7.08. The number of carbonyl (C=O) groups excluding carboxylic acids is 1. The van der Waals surface area contributed by atoms with Crippen molar-refractivity contribution in [3.63, 3.8) is 0 Å². The molecule has 1 aromatic carbocycles. The monoisotopic (exact) mass is 338 g/mol. The standard InChI is InChI=1S/C18H18N4OS/c1-11-16(24-15(21-11)9-12-5-6-12)18(23)22-14-4-2-3-13(10-14)17-19-7-8-20-17/h2-4,7-8,10,12H,5-6,9H2,1H3,(H,19,20)(H,22,23). The number of benzene rings is 1. The number of rotatable bonds is 5. The lowest BCUT2D eigenvalue weighted by molar-refractivity contribution is 0.103. The van der Waals surface area contributed by atoms with Crippen LogP contribution in [0.15, 0.2) is 36.7 Å². The van der Waals surface area contributed by atoms with Crippen molar-refractivity contribution in [3.8, 4) is 11.4 Å². The van der Waals surface area contributed by atoms with Crippen molar-refractivity contribution >= 4 is 22.9 Å². The Bertz CT molecular complexity index is 865. The van der Waals surface area contributed by atoms with Crippen LogP contribution in [0, 0.1) is 12.8 Å². The van der Waals surface area contributed by atoms with Gasteiger partial charge in [0.25, 0.3) is 5.91 Å². The van der Waals surface area contributed by atoms with Crippen LogP contribution in [0.2, 0.25) is 0 Å². The fourth-order valence-electron chi connectivity index (χ4n) is 2.67. The summed E-state index contributed by atoms with van der Waals surface area (Å²) in [6.45, 7) is 1.90. The summed E-state index contributed by atoms with van der Waals surface area (Å²) in [5.74, 6) is 1.46. The topological polar surface area (TPSA) is 70.7 Å². The van der Waals surface area contributed by atoms with Crippen LogP contribution in [0.25, 0.3) is 11.4 Å². The van der Waals surface area contributed by atoms with E-state index in [1.165, 1.54) is 24.2 Å². The summed E-state index contributed by atoms with van der Waals surface area (Å²) >= 11 is 1.52. The van der Waals surface area contributed by atoms with E-state index in [0.717, 1.165) is 40.1 Å². The first-order valence-corrected chi connectivity index (χ1v) is 8.88. The lowest BCUT2D eigenvalue weighted by Gasteiger charge is -2.05. The van der Waals surface area contributed by atoms with Crippen LogP contribution in [0.3, 0.4) is 0 Å². The van der Waals surface area contributed by atoms with Gasteiger partial charge < -0.3 is 10.3 Å². The Balaban J connectivity index is 1.51. The van der Waals surface area contributed by atoms with Gasteiger partial charge in [-0.15, -0.1) is 11.3 Å². The van der Waals surface area contributed by atoms with Gasteiger partial charge in [-0.2, -0.15) is 0 Å². The highest BCUT2D eigenvalue weighted by atomic mass is 32.1. The first-order valence-electron chi connectivity index (χ1n) is 8.06. The number of aromatic nitrogens is 3. The number of aromatic amines is 1. The highest BCUT2D eigenvalue weighted by Gasteiger charge is 2.24. The summed E-state index contributed by atoms with van der Waals surface area (Å²) in [5, 5.41) is 4.05. The van der Waals surface area contributed by atoms with Gasteiger partial charge in [0, 0.05) is 30.1 Å². The van der Waals surface area contributed by atoms with Crippen molar-refractivity contribution in [3.05, 3.63) is 52.2 Å². The Hall–Kier alpha value is -2.47. The third kappa shape index (κ3) is 3.23. The third-order valence-corrected chi connectivity index (χ3v) is 5.28. The van der Waals surface area contributed by atoms with Crippen LogP contribution in [-0.2, 0) is 6.42 Å². The zero-order valence-corrected chi connectivity index (χ0v) is 14.2. The number of H-pyrrole nitrogens is 1. The van der Waals surface area contributed by atoms with Crippen LogP contribution in [0.1, 0.15) is 33.2 Å². The predicted molar refractivity (Wildman–Crippen MR) is 95.3 cm³/mol. The molecule has 24 heavy (non-hydrogen) atoms. The minimum atomic E-state index is -0.0939. The Kier molecular flexibility index (Phi) is 3.90. The van der Waals surface area contributed by atoms with Gasteiger partial charge in [0.2, 0.25) is 0 Å². The van der Waals surface area contributed by atoms with E-state index in [1.807, 2.05) is 31.2 Å². The minimum Gasteiger partial charge on any atom is -0.345 e. The molecular formula is C18H18N4OS. The number of nitrogens with one attached hydrogen (secondary N) is 2. The average Bonchev–Trinajstić information content (AvgIpc) is 3.08. The molecule has 1 amide bonds. The number of hydrogen-bond donors (Lipinski definition) is 2. The van der Waals surface area contributed by atoms with Gasteiger partial charge in [0.15, 0.2) is 0 Å². The first kappa shape index (κ1) is 15.1. The smallest absolute Gasteiger partial charge is 0.267 e. The molecule has 2 heterocycles. The molecule has 1 saturated carbocycles. The molecule has 0 bridgehead atoms. The highest BCUT2D eigenvalue weighted by molar-refractivity contribution is 7.13. The fraction of sp³-hybridized carbons (Fsp3) is 0.278. The molecule has 0 aliphatic heterocycles. The number of carbonyl (C=O) groups is 1. The van der Waals surface area contributed by atoms with E-state index in [4.69, 9.17) is 0 Å². The van der Waals surface area contributed by atoms with Gasteiger partial charge in [0.05, 0.1) is 10.7 Å². The number of imidazole rings is 1. The third-order valence-electron chi connectivity index (χ3n) is 4.10. The zero-order valence-electron chi connectivity index (χ0n) is 13.4. The summed E-state index contributed by atoms with van der Waals surface area (Å²) in [4.78, 5) is 25.2. The van der Waals surface area contributed by atoms with Crippen LogP contribution in [0.5, 0.6) is 0 Å². The fourth-order valence-corrected chi connectivity index (χ4v) is 3.75. The molecule has 0 radical (unpaired) electrons. The number of thiazole rings is 1. The summed E-state index contributed by atoms with van der Waals surface area (Å²) < 4.78 is 0. The summed E-state index contributed by atoms with van der Waals surface area (Å²) in [5.41, 5.74) is 2.51. The van der Waals surface area contributed by atoms with Crippen LogP contribution in [0.4, 0.5) is 5.69 Å². The maximum absolute atomic E-state index is 12.6. The molecule has 0 atom stereocenters. The predicted octanol–water partition coefficient (Wildman–Crippen LogP) is 4.05. The Labute approximate surface area is 144 Å². The van der Waals surface area contributed by atoms with Crippen LogP contribution >= 0.6 is 11.3 Å². The minimum absolute atomic E-state index is 0.0939. The van der Waals surface area contributed by atoms with E-state index in [9.17, 15) is 4.79 Å². The van der Waals surface area contributed by atoms with Gasteiger partial charge in [-0.1, -0.05) is 12.1 Å². The van der Waals surface area contributed by atoms with Crippen molar-refractivity contribution < 1.29 is 4.79 Å². The van der Waals surface area contributed by atoms with Crippen molar-refractivity contribution in [2.24, 2.45) is 5.92 Å². The number of anilines is 1. The van der Waals surface area contributed by atoms with Gasteiger partial charge in [-0.05, 0) is 37.8 Å². The number of hydrogen-bond acceptors (Lipinski definition) is 4. The maximum Gasteiger partial charge on any atom is 0.267 e. The number of aryl methyl sites for hydroxylation is 1. The largest absolute Gasteiger partial charge is 0.345 e. The summed E-state index contributed by atoms with van der Waals surface area (Å²) in [7, 11) is 0. The van der Waals surface area contributed by atoms with Gasteiger partial charge >= 0.3 is 0 Å². The second-order valence-electron chi connectivity index (χ2n) is 6.14. The van der Waals surface area contributed by atoms with Crippen LogP contribution in [-0.4, -0.2) is 20.9 Å². The van der Waals surface area contributed by atoms with Gasteiger partial charge in [0.1, 0.15) is 10.7 Å². The average molecular weight is 338 g/mol. The molecule has 0 spiro atoms. The SMILES string of the molecule is Cc1nc(CC2CC2)sc1C(=O)Nc1cccc(-c2ncc[nH]2)c1. The molecule has 122 valence electrons. The second-order valence-corrected chi connectivity index (χ2v) is 7.23. The first-order chi connectivity index (χ1) is 11.7. The quantitative estimate of drug-likeness (QED) is 0.737. The molecule has 4 rings (SSSR count). The molecule has 1 aliphatic rings. The molecule has 1 fully saturated rings. The molecule has 3 aromatic rings. The molecule has 0 saturated heterocycles. The van der Waals surface area contributed by atoms with Gasteiger partial charge in [-0.3, -0.25) is 4.79 Å². The van der Waals surface area contributed by atoms with E-state index < -0.39 is 0 Å². The molecule has 2 N–H and O–H groups in total. The maximum atomic E-state index is 12.6. The van der Waals surface area contributed by atoms with Crippen molar-refractivity contribution in [1.82, 2.24) is 15.0 Å². The second kappa shape index (κ2) is 6.20. The lowest BCUT2D eigenvalue weighted by Crippen LogP contribution is -2.11. The molecule has 1 aliphatic carbocycles. The summed E-state index contributed by atoms with van der Waals surface area (Å²) in [6, 6.07) is 7.66.